The highest BCUT2D eigenvalue weighted by atomic mass is 79.9. The Kier molecular flexibility index (Phi) is 8.15. The summed E-state index contributed by atoms with van der Waals surface area (Å²) in [5.74, 6) is 2.35. The first kappa shape index (κ1) is 30.0. The molecule has 4 saturated carbocycles. The normalized spacial score (nSPS) is 49.6. The Hall–Kier alpha value is -0.0200. The van der Waals surface area contributed by atoms with Crippen LogP contribution >= 0.6 is 0 Å². The number of nitrogens with zero attached hydrogens (tertiary/aromatic N) is 2. The van der Waals surface area contributed by atoms with Crippen molar-refractivity contribution in [1.82, 2.24) is 4.90 Å². The summed E-state index contributed by atoms with van der Waals surface area (Å²) in [4.78, 5) is 2.59. The highest BCUT2D eigenvalue weighted by molar-refractivity contribution is 5.13. The molecule has 0 aromatic rings. The molecule has 0 bridgehead atoms. The number of fused-ring (bicyclic) bond motifs is 5. The van der Waals surface area contributed by atoms with Gasteiger partial charge in [0, 0.05) is 56.7 Å². The molecule has 0 aromatic carbocycles. The predicted molar refractivity (Wildman–Crippen MR) is 152 cm³/mol. The van der Waals surface area contributed by atoms with Crippen molar-refractivity contribution in [2.24, 2.45) is 34.5 Å². The Morgan fingerprint density at radius 1 is 0.925 bits per heavy atom. The van der Waals surface area contributed by atoms with Gasteiger partial charge in [-0.3, -0.25) is 4.90 Å². The number of hydrogen-bond donors (Lipinski definition) is 2. The van der Waals surface area contributed by atoms with Crippen LogP contribution in [-0.2, 0) is 9.47 Å². The predicted octanol–water partition coefficient (Wildman–Crippen LogP) is 1.35. The molecule has 10 atom stereocenters. The Morgan fingerprint density at radius 3 is 2.30 bits per heavy atom. The van der Waals surface area contributed by atoms with Gasteiger partial charge in [-0.05, 0) is 73.7 Å². The zero-order chi connectivity index (χ0) is 27.0. The fraction of sp³-hybridized carbons (Fsp3) is 0.939. The van der Waals surface area contributed by atoms with Crippen molar-refractivity contribution < 1.29 is 41.2 Å². The van der Waals surface area contributed by atoms with Gasteiger partial charge in [0.25, 0.3) is 0 Å². The summed E-state index contributed by atoms with van der Waals surface area (Å²) in [5.41, 5.74) is 0.341. The van der Waals surface area contributed by atoms with E-state index in [1.54, 1.807) is 0 Å². The summed E-state index contributed by atoms with van der Waals surface area (Å²) in [7, 11) is 0. The molecule has 1 spiro atoms. The second-order valence-electron chi connectivity index (χ2n) is 15.5. The Bertz CT molecular complexity index is 927. The van der Waals surface area contributed by atoms with Crippen molar-refractivity contribution in [3.63, 3.8) is 0 Å². The Balaban J connectivity index is 0.00000289. The second-order valence-corrected chi connectivity index (χ2v) is 15.5. The van der Waals surface area contributed by atoms with Gasteiger partial charge >= 0.3 is 0 Å². The number of quaternary nitrogens is 1. The molecule has 7 heteroatoms. The largest absolute Gasteiger partial charge is 1.00 e. The van der Waals surface area contributed by atoms with Gasteiger partial charge in [0.2, 0.25) is 0 Å². The van der Waals surface area contributed by atoms with Crippen LogP contribution in [0.3, 0.4) is 0 Å². The molecule has 7 fully saturated rings. The molecule has 40 heavy (non-hydrogen) atoms. The summed E-state index contributed by atoms with van der Waals surface area (Å²) in [5, 5.41) is 23.4. The van der Waals surface area contributed by atoms with Crippen molar-refractivity contribution in [1.29, 1.82) is 0 Å². The van der Waals surface area contributed by atoms with E-state index in [0.29, 0.717) is 17.9 Å². The molecular formula is C33H55BrN2O4. The number of piperidine rings is 1. The van der Waals surface area contributed by atoms with Crippen LogP contribution in [0.5, 0.6) is 0 Å². The van der Waals surface area contributed by atoms with E-state index in [2.05, 4.69) is 31.4 Å². The van der Waals surface area contributed by atoms with Crippen molar-refractivity contribution in [2.75, 3.05) is 45.9 Å². The minimum Gasteiger partial charge on any atom is -1.00 e. The van der Waals surface area contributed by atoms with Gasteiger partial charge < -0.3 is 41.2 Å². The lowest BCUT2D eigenvalue weighted by Gasteiger charge is -2.62. The Morgan fingerprint density at radius 2 is 1.62 bits per heavy atom. The molecule has 0 aromatic heterocycles. The van der Waals surface area contributed by atoms with Crippen molar-refractivity contribution >= 4 is 0 Å². The van der Waals surface area contributed by atoms with Gasteiger partial charge in [0.15, 0.2) is 5.79 Å². The van der Waals surface area contributed by atoms with Crippen LogP contribution < -0.4 is 17.0 Å². The van der Waals surface area contributed by atoms with E-state index in [0.717, 1.165) is 74.9 Å². The highest BCUT2D eigenvalue weighted by Crippen LogP contribution is 2.67. The van der Waals surface area contributed by atoms with Gasteiger partial charge in [0.05, 0.1) is 39.0 Å². The van der Waals surface area contributed by atoms with Crippen molar-refractivity contribution in [3.05, 3.63) is 12.7 Å². The lowest BCUT2D eigenvalue weighted by molar-refractivity contribution is -0.938. The van der Waals surface area contributed by atoms with Gasteiger partial charge in [-0.25, -0.2) is 0 Å². The molecular weight excluding hydrogens is 568 g/mol. The van der Waals surface area contributed by atoms with Crippen LogP contribution in [0.25, 0.3) is 0 Å². The number of halogens is 1. The highest BCUT2D eigenvalue weighted by Gasteiger charge is 2.66. The number of aliphatic hydroxyl groups is 2. The summed E-state index contributed by atoms with van der Waals surface area (Å²) < 4.78 is 13.1. The van der Waals surface area contributed by atoms with E-state index in [1.807, 2.05) is 0 Å². The maximum Gasteiger partial charge on any atom is 0.170 e. The third kappa shape index (κ3) is 4.45. The van der Waals surface area contributed by atoms with E-state index in [9.17, 15) is 10.2 Å². The van der Waals surface area contributed by atoms with E-state index in [1.165, 1.54) is 58.0 Å². The van der Waals surface area contributed by atoms with E-state index in [4.69, 9.17) is 9.47 Å². The van der Waals surface area contributed by atoms with Crippen LogP contribution in [0, 0.1) is 34.5 Å². The molecule has 3 saturated heterocycles. The fourth-order valence-electron chi connectivity index (χ4n) is 12.0. The first-order valence-electron chi connectivity index (χ1n) is 16.6. The SMILES string of the molecule is C=CC[N+]1([C@H]2CC3C4CC[C@H]5C[C@H](O)[C@@H](N6CCC7(CC6)OCCO7)C[C@]5(C)C4CC[C@]3(C)[C@H]2O)CCCC1.[Br-]. The molecule has 7 aliphatic rings. The number of rotatable bonds is 4. The molecule has 3 aliphatic heterocycles. The number of ether oxygens (including phenoxy) is 2. The maximum atomic E-state index is 12.0. The quantitative estimate of drug-likeness (QED) is 0.366. The summed E-state index contributed by atoms with van der Waals surface area (Å²) in [6.07, 6.45) is 14.4. The average molecular weight is 624 g/mol. The van der Waals surface area contributed by atoms with Crippen LogP contribution in [-0.4, -0.2) is 95.6 Å². The summed E-state index contributed by atoms with van der Waals surface area (Å²) >= 11 is 0. The smallest absolute Gasteiger partial charge is 0.170 e. The standard InChI is InChI=1S/C33H55N2O4.BrH/c1-4-15-35(16-5-6-17-35)28-21-26-24-8-7-23-20-29(36)27(34-13-11-33(12-14-34)38-18-19-39-33)22-32(23,3)25(24)9-10-31(26,2)30(28)37;/h4,23-30,36-37H,1,5-22H2,2-3H3;1H/q+1;/p-1/t23-,24?,25?,26?,27-,28-,29-,30-,31-,32-;/m0./s1. The maximum absolute atomic E-state index is 12.0. The number of hydrogen-bond acceptors (Lipinski definition) is 5. The zero-order valence-electron chi connectivity index (χ0n) is 25.1. The van der Waals surface area contributed by atoms with Crippen LogP contribution in [0.15, 0.2) is 12.7 Å². The van der Waals surface area contributed by atoms with Gasteiger partial charge in [-0.2, -0.15) is 0 Å². The number of likely N-dealkylation sites (tertiary alicyclic amines) is 2. The van der Waals surface area contributed by atoms with Gasteiger partial charge in [-0.1, -0.05) is 20.4 Å². The van der Waals surface area contributed by atoms with Crippen LogP contribution in [0.4, 0.5) is 0 Å². The molecule has 0 radical (unpaired) electrons. The molecule has 2 N–H and O–H groups in total. The Labute approximate surface area is 253 Å². The molecule has 6 nitrogen and oxygen atoms in total. The third-order valence-corrected chi connectivity index (χ3v) is 14.2. The topological polar surface area (TPSA) is 62.2 Å². The molecule has 3 unspecified atom stereocenters. The lowest BCUT2D eigenvalue weighted by Crippen LogP contribution is -3.00. The monoisotopic (exact) mass is 622 g/mol. The molecule has 7 rings (SSSR count). The summed E-state index contributed by atoms with van der Waals surface area (Å²) in [6, 6.07) is 0.636. The molecule has 3 heterocycles. The van der Waals surface area contributed by atoms with E-state index < -0.39 is 0 Å². The third-order valence-electron chi connectivity index (χ3n) is 14.2. The van der Waals surface area contributed by atoms with Crippen LogP contribution in [0.2, 0.25) is 0 Å². The van der Waals surface area contributed by atoms with E-state index in [-0.39, 0.29) is 51.8 Å². The molecule has 4 aliphatic carbocycles. The molecule has 228 valence electrons. The average Bonchev–Trinajstić information content (AvgIpc) is 3.65. The van der Waals surface area contributed by atoms with E-state index >= 15 is 0 Å². The van der Waals surface area contributed by atoms with Crippen LogP contribution in [0.1, 0.15) is 84.5 Å². The second kappa shape index (κ2) is 10.9. The van der Waals surface area contributed by atoms with Gasteiger partial charge in [-0.15, -0.1) is 0 Å². The minimum atomic E-state index is -0.354. The lowest BCUT2D eigenvalue weighted by atomic mass is 9.44. The first-order valence-corrected chi connectivity index (χ1v) is 16.6. The van der Waals surface area contributed by atoms with Crippen molar-refractivity contribution in [3.8, 4) is 0 Å². The summed E-state index contributed by atoms with van der Waals surface area (Å²) in [6.45, 7) is 16.0. The van der Waals surface area contributed by atoms with Gasteiger partial charge in [0.1, 0.15) is 12.1 Å². The fourth-order valence-corrected chi connectivity index (χ4v) is 12.0. The first-order chi connectivity index (χ1) is 18.7. The van der Waals surface area contributed by atoms with Crippen molar-refractivity contribution in [2.45, 2.75) is 115 Å². The number of aliphatic hydroxyl groups excluding tert-OH is 2. The molecule has 0 amide bonds. The minimum absolute atomic E-state index is 0. The zero-order valence-corrected chi connectivity index (χ0v) is 26.7.